The number of hydrogen-bond donors (Lipinski definition) is 1. The Bertz CT molecular complexity index is 453. The Kier molecular flexibility index (Phi) is 5.75. The van der Waals surface area contributed by atoms with Crippen molar-refractivity contribution in [2.24, 2.45) is 5.92 Å². The van der Waals surface area contributed by atoms with E-state index in [1.165, 1.54) is 0 Å². The van der Waals surface area contributed by atoms with Crippen LogP contribution in [0, 0.1) is 17.2 Å². The number of nitriles is 1. The molecule has 2 fully saturated rings. The first-order valence-electron chi connectivity index (χ1n) is 7.87. The number of likely N-dealkylation sites (tertiary alicyclic amines) is 1. The number of carbonyl (C=O) groups is 2. The third-order valence-electron chi connectivity index (χ3n) is 4.61. The molecule has 1 N–H and O–H groups in total. The van der Waals surface area contributed by atoms with Crippen LogP contribution in [0.2, 0.25) is 0 Å². The molecule has 0 unspecified atom stereocenters. The molecular weight excluding hydrogens is 282 g/mol. The van der Waals surface area contributed by atoms with Gasteiger partial charge in [-0.05, 0) is 5.92 Å². The van der Waals surface area contributed by atoms with Crippen LogP contribution in [0.25, 0.3) is 0 Å². The van der Waals surface area contributed by atoms with Gasteiger partial charge in [0.2, 0.25) is 11.8 Å². The van der Waals surface area contributed by atoms with E-state index in [1.54, 1.807) is 6.92 Å². The van der Waals surface area contributed by atoms with E-state index in [9.17, 15) is 9.59 Å². The van der Waals surface area contributed by atoms with Gasteiger partial charge < -0.3 is 10.2 Å². The van der Waals surface area contributed by atoms with Crippen LogP contribution < -0.4 is 5.32 Å². The van der Waals surface area contributed by atoms with E-state index in [2.05, 4.69) is 22.0 Å². The molecule has 7 nitrogen and oxygen atoms in total. The zero-order chi connectivity index (χ0) is 16.1. The lowest BCUT2D eigenvalue weighted by Crippen LogP contribution is -2.53. The number of carbonyl (C=O) groups excluding carboxylic acids is 2. The average Bonchev–Trinajstić information content (AvgIpc) is 2.85. The second-order valence-electron chi connectivity index (χ2n) is 6.22. The largest absolute Gasteiger partial charge is 0.342 e. The third-order valence-corrected chi connectivity index (χ3v) is 4.61. The van der Waals surface area contributed by atoms with Crippen molar-refractivity contribution in [3.05, 3.63) is 0 Å². The summed E-state index contributed by atoms with van der Waals surface area (Å²) in [5, 5.41) is 11.1. The molecule has 2 amide bonds. The van der Waals surface area contributed by atoms with Crippen LogP contribution in [0.5, 0.6) is 0 Å². The zero-order valence-corrected chi connectivity index (χ0v) is 13.4. The quantitative estimate of drug-likeness (QED) is 0.682. The van der Waals surface area contributed by atoms with Gasteiger partial charge >= 0.3 is 0 Å². The van der Waals surface area contributed by atoms with Crippen LogP contribution in [-0.2, 0) is 9.59 Å². The number of nitrogens with zero attached hydrogens (tertiary/aromatic N) is 4. The third kappa shape index (κ3) is 4.18. The molecule has 0 spiro atoms. The van der Waals surface area contributed by atoms with Crippen LogP contribution in [0.4, 0.5) is 0 Å². The van der Waals surface area contributed by atoms with Crippen molar-refractivity contribution in [2.45, 2.75) is 19.9 Å². The van der Waals surface area contributed by atoms with Crippen LogP contribution >= 0.6 is 0 Å². The minimum absolute atomic E-state index is 0.0681. The highest BCUT2D eigenvalue weighted by Crippen LogP contribution is 2.22. The number of amides is 2. The van der Waals surface area contributed by atoms with Crippen molar-refractivity contribution >= 4 is 11.8 Å². The van der Waals surface area contributed by atoms with Crippen molar-refractivity contribution in [1.82, 2.24) is 20.0 Å². The Labute approximate surface area is 131 Å². The van der Waals surface area contributed by atoms with Crippen molar-refractivity contribution < 1.29 is 9.59 Å². The van der Waals surface area contributed by atoms with Crippen LogP contribution in [-0.4, -0.2) is 84.9 Å². The molecule has 0 radical (unpaired) electrons. The lowest BCUT2D eigenvalue weighted by molar-refractivity contribution is -0.131. The van der Waals surface area contributed by atoms with Gasteiger partial charge in [-0.1, -0.05) is 6.92 Å². The first-order chi connectivity index (χ1) is 10.5. The predicted molar refractivity (Wildman–Crippen MR) is 81.8 cm³/mol. The Hall–Kier alpha value is -1.65. The fraction of sp³-hybridized carbons (Fsp3) is 0.800. The summed E-state index contributed by atoms with van der Waals surface area (Å²) in [5.74, 6) is 0.568. The van der Waals surface area contributed by atoms with Crippen molar-refractivity contribution in [1.29, 1.82) is 5.26 Å². The van der Waals surface area contributed by atoms with Crippen LogP contribution in [0.1, 0.15) is 13.8 Å². The molecule has 7 heteroatoms. The van der Waals surface area contributed by atoms with Gasteiger partial charge in [-0.2, -0.15) is 5.26 Å². The molecule has 2 heterocycles. The molecule has 0 aromatic carbocycles. The van der Waals surface area contributed by atoms with E-state index in [4.69, 9.17) is 5.26 Å². The molecule has 2 rings (SSSR count). The van der Waals surface area contributed by atoms with Crippen molar-refractivity contribution in [3.63, 3.8) is 0 Å². The fourth-order valence-corrected chi connectivity index (χ4v) is 3.42. The Morgan fingerprint density at radius 1 is 1.23 bits per heavy atom. The second-order valence-corrected chi connectivity index (χ2v) is 6.22. The summed E-state index contributed by atoms with van der Waals surface area (Å²) in [7, 11) is 0. The Balaban J connectivity index is 1.80. The van der Waals surface area contributed by atoms with Gasteiger partial charge in [0, 0.05) is 52.2 Å². The van der Waals surface area contributed by atoms with Gasteiger partial charge in [0.25, 0.3) is 0 Å². The van der Waals surface area contributed by atoms with Crippen LogP contribution in [0.3, 0.4) is 0 Å². The molecule has 122 valence electrons. The van der Waals surface area contributed by atoms with Gasteiger partial charge in [-0.15, -0.1) is 0 Å². The lowest BCUT2D eigenvalue weighted by Gasteiger charge is -2.39. The summed E-state index contributed by atoms with van der Waals surface area (Å²) >= 11 is 0. The maximum atomic E-state index is 11.7. The normalized spacial score (nSPS) is 26.7. The predicted octanol–water partition coefficient (Wildman–Crippen LogP) is -0.889. The Morgan fingerprint density at radius 2 is 1.91 bits per heavy atom. The number of rotatable bonds is 4. The van der Waals surface area contributed by atoms with E-state index in [0.29, 0.717) is 18.5 Å². The first-order valence-corrected chi connectivity index (χ1v) is 7.87. The standard InChI is InChI=1S/C15H25N5O2/c1-12-9-18(11-15(22)17-4-3-16)10-14(12)20-7-5-19(6-8-20)13(2)21/h12,14H,4-11H2,1-2H3,(H,17,22)/t12-,14+/m0/s1. The highest BCUT2D eigenvalue weighted by Gasteiger charge is 2.35. The molecule has 0 aromatic rings. The van der Waals surface area contributed by atoms with Gasteiger partial charge in [-0.25, -0.2) is 0 Å². The average molecular weight is 307 g/mol. The smallest absolute Gasteiger partial charge is 0.235 e. The van der Waals surface area contributed by atoms with Gasteiger partial charge in [-0.3, -0.25) is 19.4 Å². The molecule has 0 aliphatic carbocycles. The van der Waals surface area contributed by atoms with E-state index in [-0.39, 0.29) is 18.4 Å². The minimum Gasteiger partial charge on any atom is -0.342 e. The highest BCUT2D eigenvalue weighted by atomic mass is 16.2. The first kappa shape index (κ1) is 16.7. The van der Waals surface area contributed by atoms with E-state index in [0.717, 1.165) is 39.3 Å². The van der Waals surface area contributed by atoms with Gasteiger partial charge in [0.15, 0.2) is 0 Å². The number of piperazine rings is 1. The fourth-order valence-electron chi connectivity index (χ4n) is 3.42. The SMILES string of the molecule is CC(=O)N1CCN([C@@H]2CN(CC(=O)NCC#N)C[C@@H]2C)CC1. The highest BCUT2D eigenvalue weighted by molar-refractivity contribution is 5.78. The van der Waals surface area contributed by atoms with E-state index < -0.39 is 0 Å². The van der Waals surface area contributed by atoms with Crippen molar-refractivity contribution in [2.75, 3.05) is 52.4 Å². The summed E-state index contributed by atoms with van der Waals surface area (Å²) < 4.78 is 0. The monoisotopic (exact) mass is 307 g/mol. The van der Waals surface area contributed by atoms with E-state index >= 15 is 0 Å². The topological polar surface area (TPSA) is 79.7 Å². The van der Waals surface area contributed by atoms with E-state index in [1.807, 2.05) is 11.0 Å². The van der Waals surface area contributed by atoms with Crippen LogP contribution in [0.15, 0.2) is 0 Å². The molecule has 2 aliphatic heterocycles. The van der Waals surface area contributed by atoms with Crippen molar-refractivity contribution in [3.8, 4) is 6.07 Å². The molecule has 0 bridgehead atoms. The summed E-state index contributed by atoms with van der Waals surface area (Å²) in [5.41, 5.74) is 0. The maximum absolute atomic E-state index is 11.7. The lowest BCUT2D eigenvalue weighted by atomic mass is 10.0. The zero-order valence-electron chi connectivity index (χ0n) is 13.4. The Morgan fingerprint density at radius 3 is 2.50 bits per heavy atom. The summed E-state index contributed by atoms with van der Waals surface area (Å²) in [4.78, 5) is 29.6. The minimum atomic E-state index is -0.0872. The summed E-state index contributed by atoms with van der Waals surface area (Å²) in [6.45, 7) is 9.44. The van der Waals surface area contributed by atoms with Gasteiger partial charge in [0.05, 0.1) is 12.6 Å². The molecule has 0 aromatic heterocycles. The van der Waals surface area contributed by atoms with Gasteiger partial charge in [0.1, 0.15) is 6.54 Å². The summed E-state index contributed by atoms with van der Waals surface area (Å²) in [6.07, 6.45) is 0. The molecular formula is C15H25N5O2. The maximum Gasteiger partial charge on any atom is 0.235 e. The second kappa shape index (κ2) is 7.56. The number of nitrogens with one attached hydrogen (secondary N) is 1. The molecule has 2 atom stereocenters. The molecule has 2 saturated heterocycles. The summed E-state index contributed by atoms with van der Waals surface area (Å²) in [6, 6.07) is 2.36. The molecule has 0 saturated carbocycles. The molecule has 22 heavy (non-hydrogen) atoms. The number of hydrogen-bond acceptors (Lipinski definition) is 5. The molecule has 2 aliphatic rings.